The Morgan fingerprint density at radius 2 is 1.76 bits per heavy atom. The van der Waals surface area contributed by atoms with Crippen molar-refractivity contribution < 1.29 is 4.79 Å². The third kappa shape index (κ3) is 5.78. The zero-order chi connectivity index (χ0) is 23.2. The maximum absolute atomic E-state index is 13.0. The summed E-state index contributed by atoms with van der Waals surface area (Å²) < 4.78 is 2.14. The Hall–Kier alpha value is -2.34. The second-order valence-corrected chi connectivity index (χ2v) is 9.33. The molecule has 0 bridgehead atoms. The summed E-state index contributed by atoms with van der Waals surface area (Å²) in [4.78, 5) is 18.0. The van der Waals surface area contributed by atoms with E-state index in [1.165, 1.54) is 6.42 Å². The molecule has 33 heavy (non-hydrogen) atoms. The predicted molar refractivity (Wildman–Crippen MR) is 135 cm³/mol. The van der Waals surface area contributed by atoms with Gasteiger partial charge in [0, 0.05) is 35.1 Å². The monoisotopic (exact) mass is 484 g/mol. The summed E-state index contributed by atoms with van der Waals surface area (Å²) >= 11 is 12.8. The fraction of sp³-hybridized carbons (Fsp3) is 0.385. The Morgan fingerprint density at radius 1 is 1.03 bits per heavy atom. The number of aromatic nitrogens is 2. The molecule has 1 fully saturated rings. The molecule has 0 spiro atoms. The van der Waals surface area contributed by atoms with E-state index in [2.05, 4.69) is 16.9 Å². The molecular weight excluding hydrogens is 455 g/mol. The minimum absolute atomic E-state index is 0.0267. The lowest BCUT2D eigenvalue weighted by Crippen LogP contribution is -2.45. The number of carbonyl (C=O) groups excluding carboxylic acids is 1. The Bertz CT molecular complexity index is 1090. The van der Waals surface area contributed by atoms with Gasteiger partial charge in [-0.25, -0.2) is 9.99 Å². The second-order valence-electron chi connectivity index (χ2n) is 8.48. The highest BCUT2D eigenvalue weighted by Gasteiger charge is 2.23. The van der Waals surface area contributed by atoms with Crippen LogP contribution in [0.4, 0.5) is 0 Å². The van der Waals surface area contributed by atoms with E-state index in [1.54, 1.807) is 0 Å². The molecule has 1 aliphatic rings. The van der Waals surface area contributed by atoms with Crippen molar-refractivity contribution in [3.05, 3.63) is 70.0 Å². The topological polar surface area (TPSA) is 50.2 Å². The van der Waals surface area contributed by atoms with Crippen LogP contribution in [0.2, 0.25) is 10.0 Å². The first-order valence-corrected chi connectivity index (χ1v) is 12.5. The maximum Gasteiger partial charge on any atom is 0.240 e. The lowest BCUT2D eigenvalue weighted by molar-refractivity contribution is -0.125. The molecular formula is C26H30Cl2N4O. The molecule has 2 aromatic carbocycles. The molecule has 1 N–H and O–H groups in total. The number of hydrogen-bond donors (Lipinski definition) is 1. The van der Waals surface area contributed by atoms with E-state index in [1.807, 2.05) is 53.5 Å². The predicted octanol–water partition coefficient (Wildman–Crippen LogP) is 6.25. The zero-order valence-corrected chi connectivity index (χ0v) is 20.5. The molecule has 3 aromatic rings. The van der Waals surface area contributed by atoms with Crippen LogP contribution < -0.4 is 5.43 Å². The second kappa shape index (κ2) is 11.2. The first-order chi connectivity index (χ1) is 16.1. The van der Waals surface area contributed by atoms with Gasteiger partial charge < -0.3 is 0 Å². The summed E-state index contributed by atoms with van der Waals surface area (Å²) in [6.45, 7) is 3.97. The van der Waals surface area contributed by atoms with Crippen LogP contribution in [-0.4, -0.2) is 33.6 Å². The number of halogens is 2. The van der Waals surface area contributed by atoms with E-state index < -0.39 is 0 Å². The smallest absolute Gasteiger partial charge is 0.240 e. The van der Waals surface area contributed by atoms with Gasteiger partial charge in [-0.15, -0.1) is 0 Å². The standard InChI is InChI=1S/C26H30Cl2N4O/c1-2-3-11-24-23(18-25(33)30-31-16-7-4-8-17-31)29-26(21-9-5-6-10-22(21)28)32(24)20-14-12-19(27)13-15-20/h5-6,9-10,12-15H,2-4,7-8,11,16-18H2,1H3,(H,30,33). The van der Waals surface area contributed by atoms with Gasteiger partial charge in [0.25, 0.3) is 0 Å². The Balaban J connectivity index is 1.76. The van der Waals surface area contributed by atoms with Crippen molar-refractivity contribution in [2.24, 2.45) is 0 Å². The molecule has 4 rings (SSSR count). The van der Waals surface area contributed by atoms with Crippen molar-refractivity contribution in [1.82, 2.24) is 20.0 Å². The molecule has 0 atom stereocenters. The molecule has 7 heteroatoms. The molecule has 2 heterocycles. The van der Waals surface area contributed by atoms with Crippen molar-refractivity contribution in [2.75, 3.05) is 13.1 Å². The summed E-state index contributed by atoms with van der Waals surface area (Å²) in [7, 11) is 0. The van der Waals surface area contributed by atoms with Gasteiger partial charge >= 0.3 is 0 Å². The van der Waals surface area contributed by atoms with Crippen LogP contribution in [0.25, 0.3) is 17.1 Å². The third-order valence-corrected chi connectivity index (χ3v) is 6.57. The van der Waals surface area contributed by atoms with Crippen LogP contribution in [0, 0.1) is 0 Å². The number of unbranched alkanes of at least 4 members (excludes halogenated alkanes) is 1. The molecule has 0 unspecified atom stereocenters. The van der Waals surface area contributed by atoms with Crippen LogP contribution in [0.1, 0.15) is 50.4 Å². The van der Waals surface area contributed by atoms with Gasteiger partial charge in [0.1, 0.15) is 5.82 Å². The number of carbonyl (C=O) groups is 1. The first-order valence-electron chi connectivity index (χ1n) is 11.7. The van der Waals surface area contributed by atoms with Crippen LogP contribution >= 0.6 is 23.2 Å². The van der Waals surface area contributed by atoms with Crippen LogP contribution in [0.3, 0.4) is 0 Å². The fourth-order valence-electron chi connectivity index (χ4n) is 4.31. The molecule has 1 aromatic heterocycles. The third-order valence-electron chi connectivity index (χ3n) is 5.99. The summed E-state index contributed by atoms with van der Waals surface area (Å²) in [5.41, 5.74) is 6.71. The minimum atomic E-state index is -0.0267. The minimum Gasteiger partial charge on any atom is -0.296 e. The molecule has 0 radical (unpaired) electrons. The number of amides is 1. The summed E-state index contributed by atoms with van der Waals surface area (Å²) in [5, 5.41) is 3.33. The molecule has 1 amide bonds. The lowest BCUT2D eigenvalue weighted by Gasteiger charge is -2.26. The number of hydrazine groups is 1. The van der Waals surface area contributed by atoms with Gasteiger partial charge in [-0.2, -0.15) is 0 Å². The molecule has 0 aliphatic carbocycles. The molecule has 5 nitrogen and oxygen atoms in total. The van der Waals surface area contributed by atoms with E-state index in [4.69, 9.17) is 28.2 Å². The maximum atomic E-state index is 13.0. The highest BCUT2D eigenvalue weighted by molar-refractivity contribution is 6.33. The number of piperidine rings is 1. The quantitative estimate of drug-likeness (QED) is 0.411. The number of benzene rings is 2. The Labute approximate surface area is 205 Å². The summed E-state index contributed by atoms with van der Waals surface area (Å²) in [6, 6.07) is 15.4. The SMILES string of the molecule is CCCCc1c(CC(=O)NN2CCCCC2)nc(-c2ccccc2Cl)n1-c1ccc(Cl)cc1. The van der Waals surface area contributed by atoms with Crippen molar-refractivity contribution in [3.63, 3.8) is 0 Å². The van der Waals surface area contributed by atoms with Gasteiger partial charge in [-0.1, -0.05) is 55.1 Å². The zero-order valence-electron chi connectivity index (χ0n) is 19.0. The fourth-order valence-corrected chi connectivity index (χ4v) is 4.65. The van der Waals surface area contributed by atoms with Crippen molar-refractivity contribution in [1.29, 1.82) is 0 Å². The van der Waals surface area contributed by atoms with Crippen molar-refractivity contribution in [3.8, 4) is 17.1 Å². The van der Waals surface area contributed by atoms with Crippen LogP contribution in [0.5, 0.6) is 0 Å². The molecule has 1 saturated heterocycles. The number of hydrogen-bond acceptors (Lipinski definition) is 3. The molecule has 1 aliphatic heterocycles. The highest BCUT2D eigenvalue weighted by Crippen LogP contribution is 2.33. The lowest BCUT2D eigenvalue weighted by atomic mass is 10.1. The van der Waals surface area contributed by atoms with Crippen molar-refractivity contribution in [2.45, 2.75) is 51.9 Å². The van der Waals surface area contributed by atoms with Gasteiger partial charge in [-0.3, -0.25) is 14.8 Å². The Morgan fingerprint density at radius 3 is 2.45 bits per heavy atom. The van der Waals surface area contributed by atoms with Gasteiger partial charge in [0.2, 0.25) is 5.91 Å². The number of nitrogens with zero attached hydrogens (tertiary/aromatic N) is 3. The number of imidazole rings is 1. The van der Waals surface area contributed by atoms with E-state index in [0.29, 0.717) is 10.0 Å². The van der Waals surface area contributed by atoms with Gasteiger partial charge in [-0.05, 0) is 62.1 Å². The van der Waals surface area contributed by atoms with Crippen molar-refractivity contribution >= 4 is 29.1 Å². The molecule has 0 saturated carbocycles. The first kappa shape index (κ1) is 23.8. The summed E-state index contributed by atoms with van der Waals surface area (Å²) in [6.07, 6.45) is 6.55. The van der Waals surface area contributed by atoms with Gasteiger partial charge in [0.05, 0.1) is 17.1 Å². The normalized spacial score (nSPS) is 14.4. The van der Waals surface area contributed by atoms with Crippen LogP contribution in [0.15, 0.2) is 48.5 Å². The number of nitrogens with one attached hydrogen (secondary N) is 1. The average Bonchev–Trinajstić information content (AvgIpc) is 3.16. The van der Waals surface area contributed by atoms with Gasteiger partial charge in [0.15, 0.2) is 0 Å². The highest BCUT2D eigenvalue weighted by atomic mass is 35.5. The molecule has 174 valence electrons. The summed E-state index contributed by atoms with van der Waals surface area (Å²) in [5.74, 6) is 0.718. The van der Waals surface area contributed by atoms with E-state index in [-0.39, 0.29) is 12.3 Å². The average molecular weight is 485 g/mol. The largest absolute Gasteiger partial charge is 0.296 e. The van der Waals surface area contributed by atoms with E-state index >= 15 is 0 Å². The van der Waals surface area contributed by atoms with Crippen LogP contribution in [-0.2, 0) is 17.6 Å². The Kier molecular flexibility index (Phi) is 8.07. The van der Waals surface area contributed by atoms with E-state index in [9.17, 15) is 4.79 Å². The number of rotatable bonds is 8. The van der Waals surface area contributed by atoms with E-state index in [0.717, 1.165) is 73.7 Å².